The van der Waals surface area contributed by atoms with Crippen LogP contribution in [0.15, 0.2) is 70.3 Å². The minimum atomic E-state index is -0.658. The second-order valence-electron chi connectivity index (χ2n) is 5.44. The minimum absolute atomic E-state index is 0.182. The molecule has 8 nitrogen and oxygen atoms in total. The van der Waals surface area contributed by atoms with Gasteiger partial charge in [-0.05, 0) is 42.5 Å². The summed E-state index contributed by atoms with van der Waals surface area (Å²) in [6.07, 6.45) is 0. The van der Waals surface area contributed by atoms with Crippen LogP contribution in [-0.2, 0) is 4.74 Å². The Hall–Kier alpha value is -3.94. The molecule has 0 atom stereocenters. The third kappa shape index (κ3) is 4.01. The number of nitrogens with one attached hydrogen (secondary N) is 1. The zero-order chi connectivity index (χ0) is 19.4. The van der Waals surface area contributed by atoms with Crippen LogP contribution in [0.1, 0.15) is 20.7 Å². The molecule has 3 rings (SSSR count). The van der Waals surface area contributed by atoms with Gasteiger partial charge in [0.25, 0.3) is 11.1 Å². The number of H-pyrrole nitrogens is 1. The maximum atomic E-state index is 12.4. The molecule has 0 aliphatic rings. The third-order valence-electron chi connectivity index (χ3n) is 3.65. The molecule has 0 saturated heterocycles. The molecule has 0 bridgehead atoms. The number of aromatic nitrogens is 2. The Labute approximate surface area is 152 Å². The Morgan fingerprint density at radius 2 is 1.63 bits per heavy atom. The molecular formula is C19H14N2O6. The number of rotatable bonds is 4. The van der Waals surface area contributed by atoms with Crippen LogP contribution in [0.2, 0.25) is 0 Å². The summed E-state index contributed by atoms with van der Waals surface area (Å²) in [5.41, 5.74) is -0.0761. The van der Waals surface area contributed by atoms with Crippen molar-refractivity contribution in [3.05, 3.63) is 92.5 Å². The molecule has 0 fully saturated rings. The highest BCUT2D eigenvalue weighted by atomic mass is 16.5. The summed E-state index contributed by atoms with van der Waals surface area (Å²) in [6.45, 7) is 0. The molecule has 0 aliphatic carbocycles. The van der Waals surface area contributed by atoms with Gasteiger partial charge in [-0.2, -0.15) is 0 Å². The van der Waals surface area contributed by atoms with Crippen molar-refractivity contribution in [3.63, 3.8) is 0 Å². The second-order valence-corrected chi connectivity index (χ2v) is 5.44. The average molecular weight is 366 g/mol. The van der Waals surface area contributed by atoms with Gasteiger partial charge in [-0.15, -0.1) is 0 Å². The van der Waals surface area contributed by atoms with Crippen LogP contribution in [0.25, 0.3) is 5.69 Å². The predicted octanol–water partition coefficient (Wildman–Crippen LogP) is 1.53. The average Bonchev–Trinajstić information content (AvgIpc) is 2.70. The lowest BCUT2D eigenvalue weighted by Crippen LogP contribution is -2.26. The van der Waals surface area contributed by atoms with Crippen LogP contribution in [0, 0.1) is 0 Å². The first kappa shape index (κ1) is 17.9. The quantitative estimate of drug-likeness (QED) is 0.554. The molecule has 3 aromatic rings. The van der Waals surface area contributed by atoms with Gasteiger partial charge in [-0.25, -0.2) is 14.3 Å². The topological polar surface area (TPSA) is 107 Å². The largest absolute Gasteiger partial charge is 0.465 e. The summed E-state index contributed by atoms with van der Waals surface area (Å²) in [5.74, 6) is -0.916. The van der Waals surface area contributed by atoms with Gasteiger partial charge in [-0.1, -0.05) is 6.07 Å². The van der Waals surface area contributed by atoms with Crippen molar-refractivity contribution in [1.82, 2.24) is 9.78 Å². The van der Waals surface area contributed by atoms with Crippen molar-refractivity contribution >= 4 is 11.9 Å². The lowest BCUT2D eigenvalue weighted by Gasteiger charge is -2.08. The van der Waals surface area contributed by atoms with Crippen LogP contribution < -0.4 is 15.9 Å². The molecule has 136 valence electrons. The smallest absolute Gasteiger partial charge is 0.343 e. The molecule has 0 aliphatic heterocycles. The van der Waals surface area contributed by atoms with Crippen LogP contribution in [0.4, 0.5) is 0 Å². The number of hydrogen-bond acceptors (Lipinski definition) is 6. The molecule has 1 aromatic heterocycles. The fraction of sp³-hybridized carbons (Fsp3) is 0.0526. The first-order valence-electron chi connectivity index (χ1n) is 7.81. The highest BCUT2D eigenvalue weighted by molar-refractivity contribution is 5.92. The van der Waals surface area contributed by atoms with Gasteiger partial charge in [0.1, 0.15) is 5.75 Å². The highest BCUT2D eigenvalue weighted by Crippen LogP contribution is 2.16. The van der Waals surface area contributed by atoms with Crippen molar-refractivity contribution in [1.29, 1.82) is 0 Å². The Kier molecular flexibility index (Phi) is 4.98. The van der Waals surface area contributed by atoms with Crippen LogP contribution >= 0.6 is 0 Å². The molecule has 0 spiro atoms. The van der Waals surface area contributed by atoms with Gasteiger partial charge in [0.05, 0.1) is 23.9 Å². The van der Waals surface area contributed by atoms with Crippen LogP contribution in [0.5, 0.6) is 5.75 Å². The van der Waals surface area contributed by atoms with Crippen molar-refractivity contribution in [2.75, 3.05) is 7.11 Å². The Morgan fingerprint density at radius 1 is 0.889 bits per heavy atom. The third-order valence-corrected chi connectivity index (χ3v) is 3.65. The lowest BCUT2D eigenvalue weighted by molar-refractivity contribution is 0.0600. The minimum Gasteiger partial charge on any atom is -0.465 e. The lowest BCUT2D eigenvalue weighted by atomic mass is 10.2. The van der Waals surface area contributed by atoms with E-state index >= 15 is 0 Å². The summed E-state index contributed by atoms with van der Waals surface area (Å²) < 4.78 is 10.9. The maximum Gasteiger partial charge on any atom is 0.343 e. The summed E-state index contributed by atoms with van der Waals surface area (Å²) in [6, 6.07) is 14.2. The van der Waals surface area contributed by atoms with E-state index in [1.807, 2.05) is 0 Å². The number of nitrogens with zero attached hydrogens (tertiary/aromatic N) is 1. The molecule has 0 unspecified atom stereocenters. The second kappa shape index (κ2) is 7.52. The summed E-state index contributed by atoms with van der Waals surface area (Å²) in [4.78, 5) is 47.1. The molecule has 27 heavy (non-hydrogen) atoms. The Morgan fingerprint density at radius 3 is 2.33 bits per heavy atom. The van der Waals surface area contributed by atoms with E-state index in [1.165, 1.54) is 43.5 Å². The number of methoxy groups -OCH3 is 1. The van der Waals surface area contributed by atoms with Gasteiger partial charge < -0.3 is 9.47 Å². The standard InChI is InChI=1S/C19H14N2O6/c1-26-18(24)12-5-7-15(8-6-12)27-19(25)13-3-2-4-14(11-13)21-17(23)10-9-16(22)20-21/h2-11H,1H3,(H,20,22). The molecular weight excluding hydrogens is 352 g/mol. The van der Waals surface area contributed by atoms with E-state index in [0.717, 1.165) is 16.8 Å². The van der Waals surface area contributed by atoms with Gasteiger partial charge in [0.15, 0.2) is 0 Å². The van der Waals surface area contributed by atoms with Crippen molar-refractivity contribution in [2.45, 2.75) is 0 Å². The number of aromatic amines is 1. The van der Waals surface area contributed by atoms with E-state index in [-0.39, 0.29) is 11.3 Å². The number of carbonyl (C=O) groups excluding carboxylic acids is 2. The zero-order valence-electron chi connectivity index (χ0n) is 14.2. The fourth-order valence-electron chi connectivity index (χ4n) is 2.33. The maximum absolute atomic E-state index is 12.4. The van der Waals surface area contributed by atoms with Gasteiger partial charge >= 0.3 is 11.9 Å². The van der Waals surface area contributed by atoms with Gasteiger partial charge in [-0.3, -0.25) is 14.7 Å². The normalized spacial score (nSPS) is 10.3. The Balaban J connectivity index is 1.83. The van der Waals surface area contributed by atoms with E-state index in [0.29, 0.717) is 11.3 Å². The van der Waals surface area contributed by atoms with E-state index in [1.54, 1.807) is 12.1 Å². The monoisotopic (exact) mass is 366 g/mol. The van der Waals surface area contributed by atoms with Crippen molar-refractivity contribution < 1.29 is 19.1 Å². The Bertz CT molecular complexity index is 1110. The van der Waals surface area contributed by atoms with Crippen molar-refractivity contribution in [3.8, 4) is 11.4 Å². The molecule has 0 radical (unpaired) electrons. The van der Waals surface area contributed by atoms with E-state index < -0.39 is 23.1 Å². The first-order chi connectivity index (χ1) is 13.0. The SMILES string of the molecule is COC(=O)c1ccc(OC(=O)c2cccc(-n3[nH]c(=O)ccc3=O)c2)cc1. The summed E-state index contributed by atoms with van der Waals surface area (Å²) in [7, 11) is 1.27. The van der Waals surface area contributed by atoms with E-state index in [9.17, 15) is 19.2 Å². The van der Waals surface area contributed by atoms with Gasteiger partial charge in [0, 0.05) is 12.1 Å². The number of esters is 2. The van der Waals surface area contributed by atoms with Crippen molar-refractivity contribution in [2.24, 2.45) is 0 Å². The fourth-order valence-corrected chi connectivity index (χ4v) is 2.33. The predicted molar refractivity (Wildman–Crippen MR) is 95.4 cm³/mol. The highest BCUT2D eigenvalue weighted by Gasteiger charge is 2.12. The molecule has 8 heteroatoms. The summed E-state index contributed by atoms with van der Waals surface area (Å²) >= 11 is 0. The number of hydrogen-bond donors (Lipinski definition) is 1. The van der Waals surface area contributed by atoms with Gasteiger partial charge in [0.2, 0.25) is 0 Å². The van der Waals surface area contributed by atoms with Crippen LogP contribution in [0.3, 0.4) is 0 Å². The number of benzene rings is 2. The molecule has 1 N–H and O–H groups in total. The van der Waals surface area contributed by atoms with Crippen LogP contribution in [-0.4, -0.2) is 28.8 Å². The molecule has 2 aromatic carbocycles. The number of carbonyl (C=O) groups is 2. The molecule has 0 saturated carbocycles. The van der Waals surface area contributed by atoms with E-state index in [2.05, 4.69) is 9.84 Å². The molecule has 1 heterocycles. The first-order valence-corrected chi connectivity index (χ1v) is 7.81. The van der Waals surface area contributed by atoms with E-state index in [4.69, 9.17) is 4.74 Å². The zero-order valence-corrected chi connectivity index (χ0v) is 14.2. The number of ether oxygens (including phenoxy) is 2. The molecule has 0 amide bonds. The summed E-state index contributed by atoms with van der Waals surface area (Å²) in [5, 5.41) is 2.38.